The molecule has 3 aromatic rings. The number of aromatic nitrogens is 1. The van der Waals surface area contributed by atoms with Crippen LogP contribution in [0.2, 0.25) is 0 Å². The molecule has 1 fully saturated rings. The summed E-state index contributed by atoms with van der Waals surface area (Å²) in [6.45, 7) is 6.12. The maximum absolute atomic E-state index is 13.7. The van der Waals surface area contributed by atoms with Crippen LogP contribution in [0.1, 0.15) is 31.4 Å². The molecule has 0 spiro atoms. The third kappa shape index (κ3) is 4.14. The minimum absolute atomic E-state index is 0.0653. The first kappa shape index (κ1) is 23.0. The van der Waals surface area contributed by atoms with Gasteiger partial charge in [-0.15, -0.1) is 0 Å². The van der Waals surface area contributed by atoms with Crippen molar-refractivity contribution in [3.63, 3.8) is 0 Å². The van der Waals surface area contributed by atoms with Crippen LogP contribution >= 0.6 is 0 Å². The van der Waals surface area contributed by atoms with Crippen molar-refractivity contribution in [2.75, 3.05) is 19.5 Å². The second-order valence-electron chi connectivity index (χ2n) is 9.15. The van der Waals surface area contributed by atoms with E-state index in [9.17, 15) is 13.2 Å². The monoisotopic (exact) mass is 469 g/mol. The van der Waals surface area contributed by atoms with Crippen molar-refractivity contribution in [1.82, 2.24) is 9.71 Å². The number of benzene rings is 2. The smallest absolute Gasteiger partial charge is 0.270 e. The number of pyridine rings is 1. The molecule has 8 nitrogen and oxygen atoms in total. The highest BCUT2D eigenvalue weighted by Crippen LogP contribution is 2.48. The fourth-order valence-electron chi connectivity index (χ4n) is 4.31. The molecule has 0 saturated carbocycles. The van der Waals surface area contributed by atoms with Crippen LogP contribution in [0.3, 0.4) is 0 Å². The zero-order valence-corrected chi connectivity index (χ0v) is 19.8. The number of anilines is 1. The second kappa shape index (κ2) is 8.00. The summed E-state index contributed by atoms with van der Waals surface area (Å²) in [7, 11) is -2.75. The summed E-state index contributed by atoms with van der Waals surface area (Å²) in [5.74, 6) is -0.0405. The lowest BCUT2D eigenvalue weighted by Crippen LogP contribution is -2.47. The second-order valence-corrected chi connectivity index (χ2v) is 10.8. The Morgan fingerprint density at radius 1 is 1.18 bits per heavy atom. The lowest BCUT2D eigenvalue weighted by Gasteiger charge is -2.30. The van der Waals surface area contributed by atoms with Crippen molar-refractivity contribution in [2.45, 2.75) is 37.7 Å². The maximum atomic E-state index is 13.7. The molecule has 2 aromatic carbocycles. The Balaban J connectivity index is 1.80. The first-order valence-corrected chi connectivity index (χ1v) is 12.0. The number of aryl methyl sites for hydroxylation is 1. The molecule has 1 aliphatic rings. The fourth-order valence-corrected chi connectivity index (χ4v) is 5.55. The molecule has 1 unspecified atom stereocenters. The summed E-state index contributed by atoms with van der Waals surface area (Å²) < 4.78 is 40.6. The highest BCUT2D eigenvalue weighted by atomic mass is 32.2. The number of fused-ring (bicyclic) bond motifs is 1. The molecular weight excluding hydrogens is 442 g/mol. The van der Waals surface area contributed by atoms with Crippen LogP contribution in [-0.2, 0) is 25.2 Å². The summed E-state index contributed by atoms with van der Waals surface area (Å²) in [6.07, 6.45) is 0.287. The van der Waals surface area contributed by atoms with Crippen LogP contribution < -0.4 is 15.2 Å². The Hall–Kier alpha value is -3.17. The van der Waals surface area contributed by atoms with E-state index < -0.39 is 21.5 Å². The van der Waals surface area contributed by atoms with Gasteiger partial charge in [0.15, 0.2) is 5.60 Å². The summed E-state index contributed by atoms with van der Waals surface area (Å²) in [5.41, 5.74) is 5.66. The molecule has 1 atom stereocenters. The van der Waals surface area contributed by atoms with Crippen molar-refractivity contribution in [3.05, 3.63) is 59.7 Å². The zero-order valence-electron chi connectivity index (χ0n) is 19.0. The van der Waals surface area contributed by atoms with Crippen molar-refractivity contribution < 1.29 is 22.7 Å². The molecular formula is C24H27N3O5S. The Morgan fingerprint density at radius 3 is 2.61 bits per heavy atom. The molecule has 4 rings (SSSR count). The molecule has 1 aliphatic heterocycles. The minimum Gasteiger partial charge on any atom is -0.496 e. The van der Waals surface area contributed by atoms with Crippen LogP contribution in [0.25, 0.3) is 10.9 Å². The molecule has 1 amide bonds. The van der Waals surface area contributed by atoms with Gasteiger partial charge in [0.25, 0.3) is 15.9 Å². The average molecular weight is 470 g/mol. The molecule has 33 heavy (non-hydrogen) atoms. The molecule has 0 aliphatic carbocycles. The molecule has 174 valence electrons. The quantitative estimate of drug-likeness (QED) is 0.588. The molecule has 0 radical (unpaired) electrons. The van der Waals surface area contributed by atoms with E-state index in [1.807, 2.05) is 26.8 Å². The number of sulfonamides is 1. The first-order valence-electron chi connectivity index (χ1n) is 10.5. The van der Waals surface area contributed by atoms with Crippen molar-refractivity contribution in [3.8, 4) is 5.75 Å². The normalized spacial score (nSPS) is 20.0. The van der Waals surface area contributed by atoms with Gasteiger partial charge in [0.05, 0.1) is 24.1 Å². The van der Waals surface area contributed by atoms with Gasteiger partial charge in [0.2, 0.25) is 0 Å². The molecule has 2 heterocycles. The number of nitrogens with one attached hydrogen (secondary N) is 1. The van der Waals surface area contributed by atoms with Gasteiger partial charge in [0.1, 0.15) is 11.6 Å². The third-order valence-electron chi connectivity index (χ3n) is 5.82. The lowest BCUT2D eigenvalue weighted by molar-refractivity contribution is -0.140. The number of nitrogen functional groups attached to an aromatic ring is 1. The van der Waals surface area contributed by atoms with Crippen LogP contribution in [0.5, 0.6) is 5.75 Å². The average Bonchev–Trinajstić information content (AvgIpc) is 3.09. The molecule has 1 aromatic heterocycles. The number of hydrogen-bond acceptors (Lipinski definition) is 7. The van der Waals surface area contributed by atoms with Gasteiger partial charge in [-0.25, -0.2) is 18.1 Å². The van der Waals surface area contributed by atoms with Crippen LogP contribution in [0.15, 0.2) is 53.4 Å². The predicted molar refractivity (Wildman–Crippen MR) is 125 cm³/mol. The van der Waals surface area contributed by atoms with E-state index in [-0.39, 0.29) is 29.2 Å². The summed E-state index contributed by atoms with van der Waals surface area (Å²) in [6, 6.07) is 13.2. The number of nitrogens with zero attached hydrogens (tertiary/aromatic N) is 1. The Bertz CT molecular complexity index is 1350. The largest absolute Gasteiger partial charge is 0.496 e. The van der Waals surface area contributed by atoms with E-state index in [1.165, 1.54) is 19.2 Å². The summed E-state index contributed by atoms with van der Waals surface area (Å²) >= 11 is 0. The van der Waals surface area contributed by atoms with E-state index in [4.69, 9.17) is 15.2 Å². The van der Waals surface area contributed by atoms with Crippen molar-refractivity contribution in [1.29, 1.82) is 0 Å². The number of ether oxygens (including phenoxy) is 2. The Morgan fingerprint density at radius 2 is 1.94 bits per heavy atom. The first-order chi connectivity index (χ1) is 15.5. The SMILES string of the molecule is COc1ccc(C)cc1C1(C(=O)NS(=O)(=O)c2cccc3nc(N)ccc23)CC(C)(C)CO1. The minimum atomic E-state index is -4.25. The Labute approximate surface area is 193 Å². The highest BCUT2D eigenvalue weighted by molar-refractivity contribution is 7.90. The Kier molecular flexibility index (Phi) is 5.58. The van der Waals surface area contributed by atoms with E-state index in [0.717, 1.165) is 5.56 Å². The van der Waals surface area contributed by atoms with Crippen molar-refractivity contribution in [2.24, 2.45) is 5.41 Å². The number of carbonyl (C=O) groups excluding carboxylic acids is 1. The van der Waals surface area contributed by atoms with E-state index in [0.29, 0.717) is 22.2 Å². The van der Waals surface area contributed by atoms with Crippen molar-refractivity contribution >= 4 is 32.7 Å². The third-order valence-corrected chi connectivity index (χ3v) is 7.21. The van der Waals surface area contributed by atoms with Crippen LogP contribution in [0, 0.1) is 12.3 Å². The summed E-state index contributed by atoms with van der Waals surface area (Å²) in [5, 5.41) is 0.363. The lowest BCUT2D eigenvalue weighted by atomic mass is 9.79. The van der Waals surface area contributed by atoms with Gasteiger partial charge < -0.3 is 15.2 Å². The van der Waals surface area contributed by atoms with Gasteiger partial charge in [-0.05, 0) is 55.2 Å². The molecule has 3 N–H and O–H groups in total. The summed E-state index contributed by atoms with van der Waals surface area (Å²) in [4.78, 5) is 17.8. The fraction of sp³-hybridized carbons (Fsp3) is 0.333. The standard InChI is InChI=1S/C24H27N3O5S/c1-15-8-10-19(31-4)17(12-15)24(13-23(2,3)14-32-24)22(28)27-33(29,30)20-7-5-6-18-16(20)9-11-21(25)26-18/h5-12H,13-14H2,1-4H3,(H2,25,26)(H,27,28). The van der Waals surface area contributed by atoms with E-state index >= 15 is 0 Å². The number of nitrogens with two attached hydrogens (primary N) is 1. The molecule has 9 heteroatoms. The zero-order chi connectivity index (χ0) is 24.0. The number of amides is 1. The number of hydrogen-bond donors (Lipinski definition) is 2. The van der Waals surface area contributed by atoms with Gasteiger partial charge in [-0.1, -0.05) is 31.5 Å². The topological polar surface area (TPSA) is 121 Å². The van der Waals surface area contributed by atoms with Crippen LogP contribution in [0.4, 0.5) is 5.82 Å². The number of methoxy groups -OCH3 is 1. The number of carbonyl (C=O) groups is 1. The van der Waals surface area contributed by atoms with E-state index in [2.05, 4.69) is 9.71 Å². The number of rotatable bonds is 5. The predicted octanol–water partition coefficient (Wildman–Crippen LogP) is 3.28. The van der Waals surface area contributed by atoms with Gasteiger partial charge in [-0.2, -0.15) is 0 Å². The van der Waals surface area contributed by atoms with E-state index in [1.54, 1.807) is 30.3 Å². The van der Waals surface area contributed by atoms with Gasteiger partial charge >= 0.3 is 0 Å². The van der Waals surface area contributed by atoms with Gasteiger partial charge in [-0.3, -0.25) is 4.79 Å². The van der Waals surface area contributed by atoms with Crippen LogP contribution in [-0.4, -0.2) is 33.0 Å². The molecule has 0 bridgehead atoms. The highest BCUT2D eigenvalue weighted by Gasteiger charge is 2.53. The maximum Gasteiger partial charge on any atom is 0.270 e. The van der Waals surface area contributed by atoms with Gasteiger partial charge in [0, 0.05) is 10.9 Å². The molecule has 1 saturated heterocycles.